The Morgan fingerprint density at radius 2 is 1.92 bits per heavy atom. The molecule has 0 aliphatic carbocycles. The van der Waals surface area contributed by atoms with Crippen molar-refractivity contribution in [1.29, 1.82) is 0 Å². The second-order valence-corrected chi connectivity index (χ2v) is 3.78. The van der Waals surface area contributed by atoms with Gasteiger partial charge < -0.3 is 15.1 Å². The highest BCUT2D eigenvalue weighted by molar-refractivity contribution is 4.60. The molecule has 0 spiro atoms. The number of aliphatic hydroxyl groups is 2. The average Bonchev–Trinajstić information content (AvgIpc) is 2.00. The monoisotopic (exact) mass is 175 g/mol. The first-order valence-corrected chi connectivity index (χ1v) is 4.53. The molecule has 0 rings (SSSR count). The molecule has 0 bridgehead atoms. The summed E-state index contributed by atoms with van der Waals surface area (Å²) < 4.78 is 0. The summed E-state index contributed by atoms with van der Waals surface area (Å²) in [7, 11) is 1.96. The van der Waals surface area contributed by atoms with Gasteiger partial charge in [-0.1, -0.05) is 13.8 Å². The first-order chi connectivity index (χ1) is 5.56. The molecule has 0 fully saturated rings. The highest BCUT2D eigenvalue weighted by Gasteiger charge is 2.06. The van der Waals surface area contributed by atoms with E-state index in [9.17, 15) is 0 Å². The van der Waals surface area contributed by atoms with E-state index in [4.69, 9.17) is 10.2 Å². The predicted molar refractivity (Wildman–Crippen MR) is 50.0 cm³/mol. The zero-order valence-electron chi connectivity index (χ0n) is 8.32. The van der Waals surface area contributed by atoms with Crippen molar-refractivity contribution in [1.82, 2.24) is 4.90 Å². The molecule has 0 aliphatic rings. The summed E-state index contributed by atoms with van der Waals surface area (Å²) in [6.07, 6.45) is 0.538. The number of aliphatic hydroxyl groups excluding tert-OH is 2. The Hall–Kier alpha value is -0.120. The summed E-state index contributed by atoms with van der Waals surface area (Å²) in [5.74, 6) is 0.693. The lowest BCUT2D eigenvalue weighted by Gasteiger charge is -2.19. The van der Waals surface area contributed by atoms with Crippen LogP contribution < -0.4 is 0 Å². The zero-order valence-corrected chi connectivity index (χ0v) is 8.32. The number of likely N-dealkylation sites (N-methyl/N-ethyl adjacent to an activating group) is 1. The summed E-state index contributed by atoms with van der Waals surface area (Å²) >= 11 is 0. The highest BCUT2D eigenvalue weighted by Crippen LogP contribution is 2.00. The number of rotatable bonds is 6. The lowest BCUT2D eigenvalue weighted by atomic mass is 10.1. The smallest absolute Gasteiger partial charge is 0.0897 e. The number of nitrogens with zero attached hydrogens (tertiary/aromatic N) is 1. The maximum absolute atomic E-state index is 9.10. The molecule has 2 N–H and O–H groups in total. The zero-order chi connectivity index (χ0) is 9.56. The molecule has 74 valence electrons. The fraction of sp³-hybridized carbons (Fsp3) is 1.00. The van der Waals surface area contributed by atoms with Crippen molar-refractivity contribution >= 4 is 0 Å². The van der Waals surface area contributed by atoms with Crippen molar-refractivity contribution in [2.75, 3.05) is 26.7 Å². The molecular weight excluding hydrogens is 154 g/mol. The highest BCUT2D eigenvalue weighted by atomic mass is 16.3. The molecule has 0 aliphatic heterocycles. The second kappa shape index (κ2) is 6.40. The van der Waals surface area contributed by atoms with Crippen molar-refractivity contribution in [2.45, 2.75) is 26.4 Å². The van der Waals surface area contributed by atoms with Gasteiger partial charge in [-0.05, 0) is 25.9 Å². The van der Waals surface area contributed by atoms with Gasteiger partial charge in [-0.25, -0.2) is 0 Å². The van der Waals surface area contributed by atoms with Crippen LogP contribution in [-0.2, 0) is 0 Å². The van der Waals surface area contributed by atoms with E-state index in [0.29, 0.717) is 12.5 Å². The summed E-state index contributed by atoms with van der Waals surface area (Å²) in [6.45, 7) is 5.75. The lowest BCUT2D eigenvalue weighted by molar-refractivity contribution is 0.0655. The maximum atomic E-state index is 9.10. The van der Waals surface area contributed by atoms with Crippen molar-refractivity contribution in [2.24, 2.45) is 5.92 Å². The van der Waals surface area contributed by atoms with Gasteiger partial charge in [-0.3, -0.25) is 0 Å². The molecule has 0 aromatic heterocycles. The van der Waals surface area contributed by atoms with Crippen LogP contribution in [0.3, 0.4) is 0 Å². The van der Waals surface area contributed by atoms with E-state index in [1.54, 1.807) is 0 Å². The molecule has 12 heavy (non-hydrogen) atoms. The molecule has 0 saturated carbocycles. The Morgan fingerprint density at radius 1 is 1.33 bits per heavy atom. The molecule has 0 saturated heterocycles. The summed E-state index contributed by atoms with van der Waals surface area (Å²) in [4.78, 5) is 2.04. The summed E-state index contributed by atoms with van der Waals surface area (Å²) in [5, 5.41) is 17.7. The molecule has 3 heteroatoms. The minimum Gasteiger partial charge on any atom is -0.394 e. The van der Waals surface area contributed by atoms with Crippen molar-refractivity contribution in [3.63, 3.8) is 0 Å². The Labute approximate surface area is 75.0 Å². The van der Waals surface area contributed by atoms with Gasteiger partial charge in [0.2, 0.25) is 0 Å². The van der Waals surface area contributed by atoms with Crippen LogP contribution in [0.5, 0.6) is 0 Å². The first-order valence-electron chi connectivity index (χ1n) is 4.53. The van der Waals surface area contributed by atoms with Gasteiger partial charge in [0.15, 0.2) is 0 Å². The van der Waals surface area contributed by atoms with Crippen LogP contribution in [0.15, 0.2) is 0 Å². The summed E-state index contributed by atoms with van der Waals surface area (Å²) in [6, 6.07) is 0. The third kappa shape index (κ3) is 6.58. The fourth-order valence-electron chi connectivity index (χ4n) is 0.987. The first kappa shape index (κ1) is 11.9. The molecular formula is C9H21NO2. The lowest BCUT2D eigenvalue weighted by Crippen LogP contribution is -2.32. The SMILES string of the molecule is CC(C)CCN(C)CC(O)CO. The van der Waals surface area contributed by atoms with Gasteiger partial charge in [0, 0.05) is 6.54 Å². The van der Waals surface area contributed by atoms with Crippen LogP contribution in [0.25, 0.3) is 0 Å². The molecule has 0 aromatic carbocycles. The van der Waals surface area contributed by atoms with E-state index in [0.717, 1.165) is 13.0 Å². The van der Waals surface area contributed by atoms with Crippen LogP contribution in [0.2, 0.25) is 0 Å². The third-order valence-electron chi connectivity index (χ3n) is 1.82. The standard InChI is InChI=1S/C9H21NO2/c1-8(2)4-5-10(3)6-9(12)7-11/h8-9,11-12H,4-7H2,1-3H3. The van der Waals surface area contributed by atoms with Crippen LogP contribution in [0, 0.1) is 5.92 Å². The topological polar surface area (TPSA) is 43.7 Å². The van der Waals surface area contributed by atoms with Crippen molar-refractivity contribution < 1.29 is 10.2 Å². The van der Waals surface area contributed by atoms with Gasteiger partial charge in [0.05, 0.1) is 12.7 Å². The van der Waals surface area contributed by atoms with E-state index < -0.39 is 6.10 Å². The van der Waals surface area contributed by atoms with Gasteiger partial charge >= 0.3 is 0 Å². The molecule has 0 radical (unpaired) electrons. The average molecular weight is 175 g/mol. The van der Waals surface area contributed by atoms with Gasteiger partial charge in [0.1, 0.15) is 0 Å². The maximum Gasteiger partial charge on any atom is 0.0897 e. The van der Waals surface area contributed by atoms with Crippen molar-refractivity contribution in [3.8, 4) is 0 Å². The van der Waals surface area contributed by atoms with E-state index >= 15 is 0 Å². The summed E-state index contributed by atoms with van der Waals surface area (Å²) in [5.41, 5.74) is 0. The van der Waals surface area contributed by atoms with Gasteiger partial charge in [0.25, 0.3) is 0 Å². The van der Waals surface area contributed by atoms with E-state index in [1.165, 1.54) is 0 Å². The Bertz CT molecular complexity index is 107. The molecule has 1 atom stereocenters. The van der Waals surface area contributed by atoms with E-state index in [-0.39, 0.29) is 6.61 Å². The molecule has 0 heterocycles. The number of hydrogen-bond donors (Lipinski definition) is 2. The van der Waals surface area contributed by atoms with E-state index in [2.05, 4.69) is 13.8 Å². The Kier molecular flexibility index (Phi) is 6.34. The van der Waals surface area contributed by atoms with Crippen molar-refractivity contribution in [3.05, 3.63) is 0 Å². The molecule has 0 amide bonds. The Balaban J connectivity index is 3.39. The van der Waals surface area contributed by atoms with Crippen LogP contribution in [0.1, 0.15) is 20.3 Å². The van der Waals surface area contributed by atoms with Gasteiger partial charge in [-0.15, -0.1) is 0 Å². The Morgan fingerprint density at radius 3 is 2.33 bits per heavy atom. The minimum absolute atomic E-state index is 0.147. The predicted octanol–water partition coefficient (Wildman–Crippen LogP) is 0.318. The van der Waals surface area contributed by atoms with Crippen LogP contribution in [-0.4, -0.2) is 48.0 Å². The van der Waals surface area contributed by atoms with Crippen LogP contribution >= 0.6 is 0 Å². The normalized spacial score (nSPS) is 14.2. The molecule has 3 nitrogen and oxygen atoms in total. The fourth-order valence-corrected chi connectivity index (χ4v) is 0.987. The molecule has 1 unspecified atom stereocenters. The minimum atomic E-state index is -0.595. The van der Waals surface area contributed by atoms with Crippen LogP contribution in [0.4, 0.5) is 0 Å². The largest absolute Gasteiger partial charge is 0.394 e. The molecule has 0 aromatic rings. The third-order valence-corrected chi connectivity index (χ3v) is 1.82. The number of hydrogen-bond acceptors (Lipinski definition) is 3. The van der Waals surface area contributed by atoms with Gasteiger partial charge in [-0.2, -0.15) is 0 Å². The second-order valence-electron chi connectivity index (χ2n) is 3.78. The quantitative estimate of drug-likeness (QED) is 0.611. The van der Waals surface area contributed by atoms with E-state index in [1.807, 2.05) is 11.9 Å².